The highest BCUT2D eigenvalue weighted by molar-refractivity contribution is 5.63. The summed E-state index contributed by atoms with van der Waals surface area (Å²) in [7, 11) is 3.57. The van der Waals surface area contributed by atoms with Crippen LogP contribution in [-0.4, -0.2) is 24.1 Å². The number of nitrogen functional groups attached to an aromatic ring is 1. The van der Waals surface area contributed by atoms with Crippen LogP contribution in [0.4, 0.5) is 17.3 Å². The van der Waals surface area contributed by atoms with E-state index in [1.54, 1.807) is 13.2 Å². The number of hydrogen-bond acceptors (Lipinski definition) is 6. The molecule has 0 saturated heterocycles. The topological polar surface area (TPSA) is 76.3 Å². The van der Waals surface area contributed by atoms with Gasteiger partial charge in [0.2, 0.25) is 0 Å². The highest BCUT2D eigenvalue weighted by atomic mass is 16.5. The molecule has 1 heterocycles. The van der Waals surface area contributed by atoms with Gasteiger partial charge < -0.3 is 15.1 Å². The van der Waals surface area contributed by atoms with Crippen LogP contribution in [0.5, 0.6) is 5.75 Å². The molecule has 0 radical (unpaired) electrons. The van der Waals surface area contributed by atoms with Gasteiger partial charge in [0.05, 0.1) is 7.11 Å². The number of nitrogens with one attached hydrogen (secondary N) is 1. The number of methoxy groups -OCH3 is 1. The zero-order valence-electron chi connectivity index (χ0n) is 11.2. The predicted octanol–water partition coefficient (Wildman–Crippen LogP) is 1.85. The first-order chi connectivity index (χ1) is 9.13. The summed E-state index contributed by atoms with van der Waals surface area (Å²) >= 11 is 0. The lowest BCUT2D eigenvalue weighted by molar-refractivity contribution is 0.415. The first-order valence-corrected chi connectivity index (χ1v) is 5.84. The molecule has 6 heteroatoms. The lowest BCUT2D eigenvalue weighted by Gasteiger charge is -2.19. The predicted molar refractivity (Wildman–Crippen MR) is 75.6 cm³/mol. The molecule has 100 valence electrons. The van der Waals surface area contributed by atoms with Crippen LogP contribution in [0.3, 0.4) is 0 Å². The molecule has 6 nitrogen and oxygen atoms in total. The molecule has 0 bridgehead atoms. The van der Waals surface area contributed by atoms with E-state index in [9.17, 15) is 0 Å². The van der Waals surface area contributed by atoms with Crippen LogP contribution in [-0.2, 0) is 0 Å². The van der Waals surface area contributed by atoms with Gasteiger partial charge >= 0.3 is 0 Å². The number of nitrogens with two attached hydrogens (primary N) is 1. The molecule has 3 N–H and O–H groups in total. The Balaban J connectivity index is 2.37. The van der Waals surface area contributed by atoms with Crippen molar-refractivity contribution >= 4 is 17.3 Å². The lowest BCUT2D eigenvalue weighted by Crippen LogP contribution is -2.15. The van der Waals surface area contributed by atoms with Crippen LogP contribution < -0.4 is 20.9 Å². The Morgan fingerprint density at radius 2 is 2.05 bits per heavy atom. The summed E-state index contributed by atoms with van der Waals surface area (Å²) in [6.45, 7) is 1.82. The Hall–Kier alpha value is -2.34. The molecule has 0 atom stereocenters. The van der Waals surface area contributed by atoms with Gasteiger partial charge in [-0.1, -0.05) is 6.07 Å². The van der Waals surface area contributed by atoms with E-state index < -0.39 is 0 Å². The molecule has 0 unspecified atom stereocenters. The second kappa shape index (κ2) is 5.53. The van der Waals surface area contributed by atoms with Crippen LogP contribution >= 0.6 is 0 Å². The van der Waals surface area contributed by atoms with Crippen LogP contribution in [0.1, 0.15) is 5.82 Å². The number of benzene rings is 1. The first-order valence-electron chi connectivity index (χ1n) is 5.84. The van der Waals surface area contributed by atoms with Crippen LogP contribution in [0.15, 0.2) is 30.3 Å². The molecule has 0 fully saturated rings. The molecular weight excluding hydrogens is 242 g/mol. The van der Waals surface area contributed by atoms with Crippen molar-refractivity contribution in [3.8, 4) is 5.75 Å². The standard InChI is InChI=1S/C13H17N5O/c1-9-15-12(17-14)8-13(16-9)18(2)10-5-4-6-11(7-10)19-3/h4-8H,14H2,1-3H3,(H,15,16,17). The Morgan fingerprint density at radius 1 is 1.26 bits per heavy atom. The molecule has 0 amide bonds. The van der Waals surface area contributed by atoms with Gasteiger partial charge in [-0.3, -0.25) is 0 Å². The van der Waals surface area contributed by atoms with Crippen molar-refractivity contribution in [2.75, 3.05) is 24.5 Å². The van der Waals surface area contributed by atoms with Crippen LogP contribution in [0.25, 0.3) is 0 Å². The van der Waals surface area contributed by atoms with E-state index in [-0.39, 0.29) is 0 Å². The molecule has 0 saturated carbocycles. The highest BCUT2D eigenvalue weighted by Crippen LogP contribution is 2.26. The average molecular weight is 259 g/mol. The summed E-state index contributed by atoms with van der Waals surface area (Å²) in [5.41, 5.74) is 3.51. The summed E-state index contributed by atoms with van der Waals surface area (Å²) in [4.78, 5) is 10.5. The fraction of sp³-hybridized carbons (Fsp3) is 0.231. The summed E-state index contributed by atoms with van der Waals surface area (Å²) < 4.78 is 5.22. The van der Waals surface area contributed by atoms with E-state index in [4.69, 9.17) is 10.6 Å². The Kier molecular flexibility index (Phi) is 3.82. The molecular formula is C13H17N5O. The van der Waals surface area contributed by atoms with Gasteiger partial charge in [-0.25, -0.2) is 15.8 Å². The van der Waals surface area contributed by atoms with E-state index in [1.165, 1.54) is 0 Å². The maximum atomic E-state index is 5.39. The van der Waals surface area contributed by atoms with Gasteiger partial charge in [-0.2, -0.15) is 0 Å². The minimum atomic E-state index is 0.581. The van der Waals surface area contributed by atoms with E-state index in [1.807, 2.05) is 43.1 Å². The van der Waals surface area contributed by atoms with Crippen molar-refractivity contribution in [2.45, 2.75) is 6.92 Å². The summed E-state index contributed by atoms with van der Waals surface area (Å²) in [6.07, 6.45) is 0. The number of nitrogens with zero attached hydrogens (tertiary/aromatic N) is 3. The number of aryl methyl sites for hydroxylation is 1. The zero-order valence-corrected chi connectivity index (χ0v) is 11.2. The van der Waals surface area contributed by atoms with E-state index in [0.717, 1.165) is 17.3 Å². The molecule has 1 aromatic carbocycles. The number of anilines is 3. The second-order valence-corrected chi connectivity index (χ2v) is 4.06. The molecule has 1 aromatic heterocycles. The van der Waals surface area contributed by atoms with Crippen LogP contribution in [0, 0.1) is 6.92 Å². The van der Waals surface area contributed by atoms with Gasteiger partial charge in [0.1, 0.15) is 23.2 Å². The molecule has 0 aliphatic rings. The third-order valence-electron chi connectivity index (χ3n) is 2.76. The van der Waals surface area contributed by atoms with E-state index in [0.29, 0.717) is 11.6 Å². The molecule has 2 aromatic rings. The quantitative estimate of drug-likeness (QED) is 0.644. The third kappa shape index (κ3) is 2.92. The summed E-state index contributed by atoms with van der Waals surface area (Å²) in [5, 5.41) is 0. The minimum absolute atomic E-state index is 0.581. The fourth-order valence-corrected chi connectivity index (χ4v) is 1.75. The number of hydrazine groups is 1. The maximum absolute atomic E-state index is 5.39. The Bertz CT molecular complexity index is 573. The molecule has 2 rings (SSSR count). The molecule has 0 aliphatic carbocycles. The molecule has 19 heavy (non-hydrogen) atoms. The second-order valence-electron chi connectivity index (χ2n) is 4.06. The lowest BCUT2D eigenvalue weighted by atomic mass is 10.2. The first kappa shape index (κ1) is 13.1. The van der Waals surface area contributed by atoms with Gasteiger partial charge in [0, 0.05) is 24.9 Å². The smallest absolute Gasteiger partial charge is 0.145 e. The van der Waals surface area contributed by atoms with Gasteiger partial charge in [0.15, 0.2) is 0 Å². The molecule has 0 aliphatic heterocycles. The monoisotopic (exact) mass is 259 g/mol. The maximum Gasteiger partial charge on any atom is 0.145 e. The number of ether oxygens (including phenoxy) is 1. The van der Waals surface area contributed by atoms with Gasteiger partial charge in [0.25, 0.3) is 0 Å². The molecule has 0 spiro atoms. The van der Waals surface area contributed by atoms with Crippen molar-refractivity contribution in [1.29, 1.82) is 0 Å². The normalized spacial score (nSPS) is 10.1. The van der Waals surface area contributed by atoms with Gasteiger partial charge in [-0.15, -0.1) is 0 Å². The summed E-state index contributed by atoms with van der Waals surface area (Å²) in [5.74, 6) is 8.18. The number of hydrogen-bond donors (Lipinski definition) is 2. The number of aromatic nitrogens is 2. The minimum Gasteiger partial charge on any atom is -0.497 e. The third-order valence-corrected chi connectivity index (χ3v) is 2.76. The largest absolute Gasteiger partial charge is 0.497 e. The highest BCUT2D eigenvalue weighted by Gasteiger charge is 2.09. The van der Waals surface area contributed by atoms with E-state index in [2.05, 4.69) is 15.4 Å². The van der Waals surface area contributed by atoms with Crippen molar-refractivity contribution < 1.29 is 4.74 Å². The number of rotatable bonds is 4. The van der Waals surface area contributed by atoms with Gasteiger partial charge in [-0.05, 0) is 19.1 Å². The SMILES string of the molecule is COc1cccc(N(C)c2cc(NN)nc(C)n2)c1. The average Bonchev–Trinajstić information content (AvgIpc) is 2.45. The van der Waals surface area contributed by atoms with Crippen molar-refractivity contribution in [2.24, 2.45) is 5.84 Å². The van der Waals surface area contributed by atoms with Crippen molar-refractivity contribution in [3.05, 3.63) is 36.2 Å². The van der Waals surface area contributed by atoms with Crippen molar-refractivity contribution in [3.63, 3.8) is 0 Å². The fourth-order valence-electron chi connectivity index (χ4n) is 1.75. The van der Waals surface area contributed by atoms with E-state index >= 15 is 0 Å². The Morgan fingerprint density at radius 3 is 2.74 bits per heavy atom. The van der Waals surface area contributed by atoms with Crippen LogP contribution in [0.2, 0.25) is 0 Å². The zero-order chi connectivity index (χ0) is 13.8. The summed E-state index contributed by atoms with van der Waals surface area (Å²) in [6, 6.07) is 9.53. The van der Waals surface area contributed by atoms with Crippen molar-refractivity contribution in [1.82, 2.24) is 9.97 Å². The Labute approximate surface area is 112 Å².